The minimum absolute atomic E-state index is 0.0431. The summed E-state index contributed by atoms with van der Waals surface area (Å²) in [5, 5.41) is 3.24. The van der Waals surface area contributed by atoms with Gasteiger partial charge in [-0.1, -0.05) is 43.9 Å². The summed E-state index contributed by atoms with van der Waals surface area (Å²) < 4.78 is 16.7. The molecule has 1 atom stereocenters. The van der Waals surface area contributed by atoms with Gasteiger partial charge in [0, 0.05) is 12.6 Å². The first-order valence-electron chi connectivity index (χ1n) is 13.0. The van der Waals surface area contributed by atoms with E-state index < -0.39 is 6.04 Å². The van der Waals surface area contributed by atoms with Crippen molar-refractivity contribution in [3.05, 3.63) is 53.6 Å². The van der Waals surface area contributed by atoms with Crippen molar-refractivity contribution < 1.29 is 23.8 Å². The minimum atomic E-state index is -0.890. The number of hydrogen-bond donors (Lipinski definition) is 1. The molecule has 7 nitrogen and oxygen atoms in total. The normalized spacial score (nSPS) is 15.0. The Kier molecular flexibility index (Phi) is 10.9. The van der Waals surface area contributed by atoms with Crippen LogP contribution in [0.25, 0.3) is 0 Å². The molecule has 0 unspecified atom stereocenters. The number of amides is 2. The van der Waals surface area contributed by atoms with Gasteiger partial charge in [0.1, 0.15) is 17.7 Å². The molecule has 0 aliphatic heterocycles. The quantitative estimate of drug-likeness (QED) is 0.300. The zero-order chi connectivity index (χ0) is 26.8. The molecule has 1 N–H and O–H groups in total. The fourth-order valence-corrected chi connectivity index (χ4v) is 4.86. The molecule has 2 aromatic carbocycles. The monoisotopic (exact) mass is 530 g/mol. The number of benzene rings is 2. The number of halogens is 1. The Hall–Kier alpha value is -2.93. The van der Waals surface area contributed by atoms with E-state index in [2.05, 4.69) is 5.32 Å². The lowest BCUT2D eigenvalue weighted by atomic mass is 10.0. The highest BCUT2D eigenvalue weighted by Gasteiger charge is 2.33. The van der Waals surface area contributed by atoms with Gasteiger partial charge in [-0.25, -0.2) is 0 Å². The Morgan fingerprint density at radius 1 is 0.973 bits per heavy atom. The number of nitrogens with zero attached hydrogens (tertiary/aromatic N) is 1. The first-order chi connectivity index (χ1) is 17.9. The van der Waals surface area contributed by atoms with Crippen LogP contribution in [-0.2, 0) is 16.1 Å². The van der Waals surface area contributed by atoms with E-state index in [1.54, 1.807) is 31.3 Å². The topological polar surface area (TPSA) is 77.1 Å². The van der Waals surface area contributed by atoms with Crippen LogP contribution >= 0.6 is 11.6 Å². The molecule has 1 aliphatic carbocycles. The van der Waals surface area contributed by atoms with Crippen molar-refractivity contribution in [2.24, 2.45) is 0 Å². The van der Waals surface area contributed by atoms with Gasteiger partial charge in [0.2, 0.25) is 11.8 Å². The number of carbonyl (C=O) groups is 2. The average molecular weight is 531 g/mol. The van der Waals surface area contributed by atoms with Crippen LogP contribution < -0.4 is 19.5 Å². The maximum atomic E-state index is 13.9. The maximum absolute atomic E-state index is 13.9. The van der Waals surface area contributed by atoms with Crippen LogP contribution in [0.2, 0.25) is 0 Å². The second-order valence-electron chi connectivity index (χ2n) is 9.68. The third kappa shape index (κ3) is 8.03. The van der Waals surface area contributed by atoms with E-state index in [0.717, 1.165) is 31.2 Å². The van der Waals surface area contributed by atoms with Crippen LogP contribution in [0.4, 0.5) is 0 Å². The van der Waals surface area contributed by atoms with E-state index in [1.807, 2.05) is 44.2 Å². The Bertz CT molecular complexity index is 1020. The van der Waals surface area contributed by atoms with E-state index in [1.165, 1.54) is 12.8 Å². The predicted octanol–water partition coefficient (Wildman–Crippen LogP) is 5.64. The zero-order valence-electron chi connectivity index (χ0n) is 22.3. The molecule has 1 fully saturated rings. The van der Waals surface area contributed by atoms with E-state index in [9.17, 15) is 9.59 Å². The van der Waals surface area contributed by atoms with Gasteiger partial charge in [0.05, 0.1) is 20.3 Å². The molecule has 0 spiro atoms. The Labute approximate surface area is 225 Å². The van der Waals surface area contributed by atoms with Crippen LogP contribution in [0, 0.1) is 0 Å². The number of carbonyl (C=O) groups excluding carboxylic acids is 2. The molecule has 3 rings (SSSR count). The van der Waals surface area contributed by atoms with Crippen molar-refractivity contribution in [2.75, 3.05) is 20.1 Å². The fourth-order valence-electron chi connectivity index (χ4n) is 4.71. The van der Waals surface area contributed by atoms with Gasteiger partial charge in [0.15, 0.2) is 11.5 Å². The second kappa shape index (κ2) is 14.1. The van der Waals surface area contributed by atoms with Gasteiger partial charge >= 0.3 is 0 Å². The SMILES string of the molecule is COc1ccc(CN(C(=O)CCl)[C@H](C(=O)NC2CCCCCC2)c2ccc(OC(C)C)c(OC)c2)cc1. The van der Waals surface area contributed by atoms with Crippen LogP contribution in [0.1, 0.15) is 69.5 Å². The summed E-state index contributed by atoms with van der Waals surface area (Å²) in [7, 11) is 3.16. The molecule has 0 bridgehead atoms. The largest absolute Gasteiger partial charge is 0.497 e. The molecule has 37 heavy (non-hydrogen) atoms. The molecule has 0 radical (unpaired) electrons. The number of methoxy groups -OCH3 is 2. The van der Waals surface area contributed by atoms with Crippen molar-refractivity contribution in [1.82, 2.24) is 10.2 Å². The van der Waals surface area contributed by atoms with Crippen molar-refractivity contribution in [3.63, 3.8) is 0 Å². The molecule has 1 aliphatic rings. The average Bonchev–Trinajstić information content (AvgIpc) is 3.17. The van der Waals surface area contributed by atoms with Crippen molar-refractivity contribution in [2.45, 2.75) is 77.1 Å². The van der Waals surface area contributed by atoms with E-state index in [-0.39, 0.29) is 36.4 Å². The number of alkyl halides is 1. The molecule has 8 heteroatoms. The Morgan fingerprint density at radius 3 is 2.22 bits per heavy atom. The summed E-state index contributed by atoms with van der Waals surface area (Å²) in [6.07, 6.45) is 6.35. The van der Waals surface area contributed by atoms with Gasteiger partial charge in [-0.05, 0) is 62.1 Å². The predicted molar refractivity (Wildman–Crippen MR) is 145 cm³/mol. The Morgan fingerprint density at radius 2 is 1.65 bits per heavy atom. The summed E-state index contributed by atoms with van der Waals surface area (Å²) in [4.78, 5) is 28.6. The molecular formula is C29H39ClN2O5. The number of nitrogens with one attached hydrogen (secondary N) is 1. The zero-order valence-corrected chi connectivity index (χ0v) is 23.1. The second-order valence-corrected chi connectivity index (χ2v) is 9.95. The van der Waals surface area contributed by atoms with Crippen LogP contribution in [0.5, 0.6) is 17.2 Å². The third-order valence-corrected chi connectivity index (χ3v) is 6.80. The number of ether oxygens (including phenoxy) is 3. The molecule has 0 aromatic heterocycles. The molecule has 0 heterocycles. The highest BCUT2D eigenvalue weighted by Crippen LogP contribution is 2.34. The molecular weight excluding hydrogens is 492 g/mol. The van der Waals surface area contributed by atoms with Gasteiger partial charge in [-0.15, -0.1) is 11.6 Å². The summed E-state index contributed by atoms with van der Waals surface area (Å²) in [6.45, 7) is 4.09. The molecule has 2 aromatic rings. The molecule has 0 saturated heterocycles. The van der Waals surface area contributed by atoms with Crippen LogP contribution in [0.3, 0.4) is 0 Å². The minimum Gasteiger partial charge on any atom is -0.497 e. The first-order valence-corrected chi connectivity index (χ1v) is 13.5. The van der Waals surface area contributed by atoms with Crippen LogP contribution in [-0.4, -0.2) is 49.0 Å². The summed E-state index contributed by atoms with van der Waals surface area (Å²) in [5.41, 5.74) is 1.49. The first kappa shape index (κ1) is 28.6. The summed E-state index contributed by atoms with van der Waals surface area (Å²) in [5.74, 6) is 0.996. The lowest BCUT2D eigenvalue weighted by Gasteiger charge is -2.33. The maximum Gasteiger partial charge on any atom is 0.247 e. The highest BCUT2D eigenvalue weighted by atomic mass is 35.5. The lowest BCUT2D eigenvalue weighted by Crippen LogP contribution is -2.46. The van der Waals surface area contributed by atoms with Crippen LogP contribution in [0.15, 0.2) is 42.5 Å². The van der Waals surface area contributed by atoms with Gasteiger partial charge in [-0.2, -0.15) is 0 Å². The standard InChI is InChI=1S/C29H39ClN2O5/c1-20(2)37-25-16-13-22(17-26(25)36-4)28(29(34)31-23-9-7-5-6-8-10-23)32(27(33)18-30)19-21-11-14-24(35-3)15-12-21/h11-17,20,23,28H,5-10,18-19H2,1-4H3,(H,31,34)/t28-/m0/s1. The third-order valence-electron chi connectivity index (χ3n) is 6.57. The Balaban J connectivity index is 2.01. The summed E-state index contributed by atoms with van der Waals surface area (Å²) >= 11 is 6.06. The molecule has 202 valence electrons. The number of rotatable bonds is 11. The van der Waals surface area contributed by atoms with Crippen molar-refractivity contribution in [3.8, 4) is 17.2 Å². The molecule has 2 amide bonds. The smallest absolute Gasteiger partial charge is 0.247 e. The van der Waals surface area contributed by atoms with E-state index in [0.29, 0.717) is 22.8 Å². The molecule has 1 saturated carbocycles. The fraction of sp³-hybridized carbons (Fsp3) is 0.517. The van der Waals surface area contributed by atoms with Gasteiger partial charge < -0.3 is 24.4 Å². The lowest BCUT2D eigenvalue weighted by molar-refractivity contribution is -0.140. The van der Waals surface area contributed by atoms with Crippen molar-refractivity contribution >= 4 is 23.4 Å². The summed E-state index contributed by atoms with van der Waals surface area (Å²) in [6, 6.07) is 12.0. The van der Waals surface area contributed by atoms with Gasteiger partial charge in [0.25, 0.3) is 0 Å². The van der Waals surface area contributed by atoms with Gasteiger partial charge in [-0.3, -0.25) is 9.59 Å². The van der Waals surface area contributed by atoms with E-state index in [4.69, 9.17) is 25.8 Å². The number of hydrogen-bond acceptors (Lipinski definition) is 5. The highest BCUT2D eigenvalue weighted by molar-refractivity contribution is 6.27. The van der Waals surface area contributed by atoms with Crippen molar-refractivity contribution in [1.29, 1.82) is 0 Å². The van der Waals surface area contributed by atoms with E-state index >= 15 is 0 Å².